The molecule has 0 aromatic heterocycles. The van der Waals surface area contributed by atoms with Gasteiger partial charge in [-0.15, -0.1) is 0 Å². The fourth-order valence-corrected chi connectivity index (χ4v) is 5.05. The van der Waals surface area contributed by atoms with Crippen molar-refractivity contribution in [3.05, 3.63) is 24.3 Å². The van der Waals surface area contributed by atoms with Crippen LogP contribution >= 0.6 is 0 Å². The molecule has 1 rings (SSSR count). The second-order valence-electron chi connectivity index (χ2n) is 5.04. The standard InChI is InChI=1S/C14H22F4Si2/c15-7-5-11(17)9-19-13-1-2-14(4-3-13)20-10-12(18)6-8-16/h1-4,11-12H,5-10,19-20H2. The minimum Gasteiger partial charge on any atom is -0.251 e. The van der Waals surface area contributed by atoms with E-state index in [1.807, 2.05) is 24.3 Å². The molecule has 0 amide bonds. The summed E-state index contributed by atoms with van der Waals surface area (Å²) in [4.78, 5) is 0. The summed E-state index contributed by atoms with van der Waals surface area (Å²) in [5.74, 6) is 0. The fraction of sp³-hybridized carbons (Fsp3) is 0.571. The molecule has 0 spiro atoms. The molecule has 2 atom stereocenters. The molecule has 0 radical (unpaired) electrons. The van der Waals surface area contributed by atoms with Crippen molar-refractivity contribution in [3.63, 3.8) is 0 Å². The second-order valence-corrected chi connectivity index (χ2v) is 8.83. The molecule has 0 bridgehead atoms. The zero-order valence-electron chi connectivity index (χ0n) is 11.6. The van der Waals surface area contributed by atoms with Crippen LogP contribution in [0.4, 0.5) is 17.6 Å². The van der Waals surface area contributed by atoms with Crippen LogP contribution in [0.15, 0.2) is 24.3 Å². The van der Waals surface area contributed by atoms with Crippen molar-refractivity contribution in [2.75, 3.05) is 13.3 Å². The van der Waals surface area contributed by atoms with Gasteiger partial charge >= 0.3 is 0 Å². The van der Waals surface area contributed by atoms with E-state index < -0.39 is 44.7 Å². The van der Waals surface area contributed by atoms with Gasteiger partial charge in [-0.3, -0.25) is 8.78 Å². The first kappa shape index (κ1) is 17.4. The van der Waals surface area contributed by atoms with Crippen LogP contribution in [0.3, 0.4) is 0 Å². The summed E-state index contributed by atoms with van der Waals surface area (Å²) in [6, 6.07) is 8.89. The molecule has 0 saturated heterocycles. The Morgan fingerprint density at radius 2 is 1.10 bits per heavy atom. The number of alkyl halides is 4. The van der Waals surface area contributed by atoms with Crippen molar-refractivity contribution in [2.24, 2.45) is 0 Å². The molecule has 2 unspecified atom stereocenters. The number of benzene rings is 1. The zero-order chi connectivity index (χ0) is 14.8. The van der Waals surface area contributed by atoms with E-state index >= 15 is 0 Å². The average Bonchev–Trinajstić information content (AvgIpc) is 2.45. The number of halogens is 4. The highest BCUT2D eigenvalue weighted by atomic mass is 28.2. The van der Waals surface area contributed by atoms with Gasteiger partial charge in [0.25, 0.3) is 0 Å². The maximum atomic E-state index is 13.2. The van der Waals surface area contributed by atoms with Gasteiger partial charge in [-0.2, -0.15) is 0 Å². The van der Waals surface area contributed by atoms with Crippen molar-refractivity contribution in [1.29, 1.82) is 0 Å². The third kappa shape index (κ3) is 7.23. The molecule has 0 aliphatic rings. The Morgan fingerprint density at radius 1 is 0.750 bits per heavy atom. The molecule has 0 N–H and O–H groups in total. The number of hydrogen-bond acceptors (Lipinski definition) is 0. The Balaban J connectivity index is 2.32. The van der Waals surface area contributed by atoms with Crippen LogP contribution < -0.4 is 10.4 Å². The van der Waals surface area contributed by atoms with Gasteiger partial charge < -0.3 is 0 Å². The van der Waals surface area contributed by atoms with Crippen LogP contribution in [-0.4, -0.2) is 44.7 Å². The first-order valence-electron chi connectivity index (χ1n) is 7.13. The summed E-state index contributed by atoms with van der Waals surface area (Å²) in [6.07, 6.45) is -2.03. The van der Waals surface area contributed by atoms with E-state index in [0.29, 0.717) is 12.1 Å². The minimum atomic E-state index is -1.02. The normalized spacial score (nSPS) is 15.4. The fourth-order valence-electron chi connectivity index (χ4n) is 2.04. The van der Waals surface area contributed by atoms with Crippen LogP contribution in [0.25, 0.3) is 0 Å². The van der Waals surface area contributed by atoms with Crippen LogP contribution in [0, 0.1) is 0 Å². The minimum absolute atomic E-state index is 0.00442. The highest BCUT2D eigenvalue weighted by molar-refractivity contribution is 6.55. The summed E-state index contributed by atoms with van der Waals surface area (Å²) in [5, 5.41) is 2.31. The maximum Gasteiger partial charge on any atom is 0.100 e. The summed E-state index contributed by atoms with van der Waals surface area (Å²) in [6.45, 7) is -1.19. The van der Waals surface area contributed by atoms with E-state index in [1.165, 1.54) is 0 Å². The average molecular weight is 322 g/mol. The molecule has 20 heavy (non-hydrogen) atoms. The SMILES string of the molecule is FCCC(F)C[SiH2]c1ccc([SiH2]CC(F)CCF)cc1. The first-order valence-corrected chi connectivity index (χ1v) is 10.5. The van der Waals surface area contributed by atoms with E-state index in [4.69, 9.17) is 0 Å². The Morgan fingerprint density at radius 3 is 1.40 bits per heavy atom. The van der Waals surface area contributed by atoms with Crippen molar-refractivity contribution < 1.29 is 17.6 Å². The van der Waals surface area contributed by atoms with Crippen molar-refractivity contribution >= 4 is 29.4 Å². The first-order chi connectivity index (χ1) is 9.65. The van der Waals surface area contributed by atoms with Crippen LogP contribution in [-0.2, 0) is 0 Å². The highest BCUT2D eigenvalue weighted by Gasteiger charge is 2.08. The third-order valence-corrected chi connectivity index (χ3v) is 7.29. The molecule has 0 fully saturated rings. The lowest BCUT2D eigenvalue weighted by Gasteiger charge is -2.07. The van der Waals surface area contributed by atoms with E-state index in [0.717, 1.165) is 10.4 Å². The molecule has 0 heterocycles. The molecule has 114 valence electrons. The molecule has 0 saturated carbocycles. The maximum absolute atomic E-state index is 13.2. The molecule has 0 aliphatic heterocycles. The molecular formula is C14H22F4Si2. The molecular weight excluding hydrogens is 300 g/mol. The molecule has 1 aromatic rings. The van der Waals surface area contributed by atoms with Gasteiger partial charge in [0, 0.05) is 12.8 Å². The second kappa shape index (κ2) is 10.2. The summed E-state index contributed by atoms with van der Waals surface area (Å²) < 4.78 is 50.3. The summed E-state index contributed by atoms with van der Waals surface area (Å²) >= 11 is 0. The lowest BCUT2D eigenvalue weighted by molar-refractivity contribution is 0.304. The van der Waals surface area contributed by atoms with Crippen molar-refractivity contribution in [1.82, 2.24) is 0 Å². The van der Waals surface area contributed by atoms with Crippen molar-refractivity contribution in [3.8, 4) is 0 Å². The lowest BCUT2D eigenvalue weighted by atomic mass is 10.3. The number of hydrogen-bond donors (Lipinski definition) is 0. The van der Waals surface area contributed by atoms with Gasteiger partial charge in [0.2, 0.25) is 0 Å². The van der Waals surface area contributed by atoms with Crippen LogP contribution in [0.2, 0.25) is 12.1 Å². The van der Waals surface area contributed by atoms with E-state index in [9.17, 15) is 17.6 Å². The highest BCUT2D eigenvalue weighted by Crippen LogP contribution is 2.04. The quantitative estimate of drug-likeness (QED) is 0.452. The van der Waals surface area contributed by atoms with Crippen molar-refractivity contribution in [2.45, 2.75) is 37.3 Å². The smallest absolute Gasteiger partial charge is 0.100 e. The molecule has 0 nitrogen and oxygen atoms in total. The van der Waals surface area contributed by atoms with Gasteiger partial charge in [0.05, 0.1) is 32.4 Å². The Hall–Kier alpha value is -0.626. The third-order valence-electron chi connectivity index (χ3n) is 3.36. The zero-order valence-corrected chi connectivity index (χ0v) is 14.5. The predicted octanol–water partition coefficient (Wildman–Crippen LogP) is 1.51. The van der Waals surface area contributed by atoms with Crippen LogP contribution in [0.1, 0.15) is 12.8 Å². The lowest BCUT2D eigenvalue weighted by Crippen LogP contribution is -2.23. The number of rotatable bonds is 10. The van der Waals surface area contributed by atoms with E-state index in [-0.39, 0.29) is 12.8 Å². The predicted molar refractivity (Wildman–Crippen MR) is 83.4 cm³/mol. The Kier molecular flexibility index (Phi) is 8.84. The van der Waals surface area contributed by atoms with Gasteiger partial charge in [-0.25, -0.2) is 8.78 Å². The van der Waals surface area contributed by atoms with E-state index in [1.54, 1.807) is 0 Å². The monoisotopic (exact) mass is 322 g/mol. The molecule has 0 aliphatic carbocycles. The summed E-state index contributed by atoms with van der Waals surface area (Å²) in [5.41, 5.74) is 0. The van der Waals surface area contributed by atoms with Gasteiger partial charge in [-0.1, -0.05) is 34.6 Å². The Bertz CT molecular complexity index is 324. The topological polar surface area (TPSA) is 0 Å². The molecule has 1 aromatic carbocycles. The largest absolute Gasteiger partial charge is 0.251 e. The Labute approximate surface area is 122 Å². The molecule has 6 heteroatoms. The van der Waals surface area contributed by atoms with Gasteiger partial charge in [0.15, 0.2) is 0 Å². The van der Waals surface area contributed by atoms with E-state index in [2.05, 4.69) is 0 Å². The summed E-state index contributed by atoms with van der Waals surface area (Å²) in [7, 11) is -1.37. The van der Waals surface area contributed by atoms with Gasteiger partial charge in [-0.05, 0) is 12.1 Å². The van der Waals surface area contributed by atoms with Crippen LogP contribution in [0.5, 0.6) is 0 Å². The van der Waals surface area contributed by atoms with Gasteiger partial charge in [0.1, 0.15) is 12.3 Å².